The number of halogens is 1. The molecule has 1 N–H and O–H groups in total. The first kappa shape index (κ1) is 22.8. The van der Waals surface area contributed by atoms with Crippen LogP contribution in [0.5, 0.6) is 5.75 Å². The van der Waals surface area contributed by atoms with Crippen molar-refractivity contribution < 1.29 is 17.5 Å². The Bertz CT molecular complexity index is 1230. The highest BCUT2D eigenvalue weighted by Gasteiger charge is 2.19. The first-order chi connectivity index (χ1) is 14.6. The maximum atomic E-state index is 13.5. The van der Waals surface area contributed by atoms with Gasteiger partial charge in [0.2, 0.25) is 10.0 Å². The summed E-state index contributed by atoms with van der Waals surface area (Å²) in [6, 6.07) is 12.0. The van der Waals surface area contributed by atoms with E-state index in [0.717, 1.165) is 11.3 Å². The summed E-state index contributed by atoms with van der Waals surface area (Å²) in [5, 5.41) is 0. The van der Waals surface area contributed by atoms with Crippen LogP contribution in [0.1, 0.15) is 31.0 Å². The van der Waals surface area contributed by atoms with Gasteiger partial charge in [0.1, 0.15) is 6.61 Å². The molecule has 0 bridgehead atoms. The third kappa shape index (κ3) is 4.72. The summed E-state index contributed by atoms with van der Waals surface area (Å²) in [4.78, 5) is 12.9. The van der Waals surface area contributed by atoms with Crippen molar-refractivity contribution in [2.75, 3.05) is 13.2 Å². The number of nitrogens with zero attached hydrogens (tertiary/aromatic N) is 2. The molecule has 0 spiro atoms. The van der Waals surface area contributed by atoms with Crippen molar-refractivity contribution in [3.8, 4) is 11.4 Å². The first-order valence-corrected chi connectivity index (χ1v) is 11.4. The maximum absolute atomic E-state index is 13.5. The number of para-hydroxylation sites is 1. The molecule has 0 aliphatic carbocycles. The molecule has 3 rings (SSSR count). The van der Waals surface area contributed by atoms with Gasteiger partial charge in [0, 0.05) is 24.8 Å². The molecule has 1 aromatic heterocycles. The number of hydrogen-bond donors (Lipinski definition) is 1. The minimum Gasteiger partial charge on any atom is -0.489 e. The lowest BCUT2D eigenvalue weighted by Gasteiger charge is -2.11. The normalized spacial score (nSPS) is 11.8. The van der Waals surface area contributed by atoms with Crippen LogP contribution in [0.15, 0.2) is 58.2 Å². The van der Waals surface area contributed by atoms with Crippen LogP contribution in [0, 0.1) is 12.7 Å². The molecule has 3 aromatic rings. The maximum Gasteiger partial charge on any atom is 0.275 e. The second-order valence-electron chi connectivity index (χ2n) is 7.46. The minimum absolute atomic E-state index is 0.0196. The van der Waals surface area contributed by atoms with E-state index >= 15 is 0 Å². The molecule has 0 saturated carbocycles. The number of rotatable bonds is 8. The van der Waals surface area contributed by atoms with E-state index in [2.05, 4.69) is 4.72 Å². The van der Waals surface area contributed by atoms with E-state index in [1.54, 1.807) is 36.0 Å². The summed E-state index contributed by atoms with van der Waals surface area (Å²) >= 11 is 0. The van der Waals surface area contributed by atoms with Gasteiger partial charge in [-0.2, -0.15) is 0 Å². The van der Waals surface area contributed by atoms with Crippen molar-refractivity contribution in [3.63, 3.8) is 0 Å². The van der Waals surface area contributed by atoms with Gasteiger partial charge in [0.25, 0.3) is 5.56 Å². The van der Waals surface area contributed by atoms with Crippen molar-refractivity contribution in [2.24, 2.45) is 7.05 Å². The fourth-order valence-electron chi connectivity index (χ4n) is 3.43. The van der Waals surface area contributed by atoms with E-state index < -0.39 is 15.8 Å². The van der Waals surface area contributed by atoms with E-state index in [1.165, 1.54) is 28.9 Å². The summed E-state index contributed by atoms with van der Waals surface area (Å²) in [7, 11) is -1.98. The van der Waals surface area contributed by atoms with Crippen LogP contribution >= 0.6 is 0 Å². The van der Waals surface area contributed by atoms with E-state index in [-0.39, 0.29) is 35.3 Å². The number of aromatic nitrogens is 2. The van der Waals surface area contributed by atoms with Gasteiger partial charge < -0.3 is 4.74 Å². The minimum atomic E-state index is -3.78. The Hall–Kier alpha value is -2.91. The smallest absolute Gasteiger partial charge is 0.275 e. The molecule has 7 nitrogen and oxygen atoms in total. The van der Waals surface area contributed by atoms with E-state index in [4.69, 9.17) is 4.74 Å². The zero-order valence-electron chi connectivity index (χ0n) is 17.9. The highest BCUT2D eigenvalue weighted by atomic mass is 32.2. The molecule has 31 heavy (non-hydrogen) atoms. The quantitative estimate of drug-likeness (QED) is 0.538. The SMILES string of the molecule is Cc1c(C(C)C)c(=O)n(-c2ccc(S(=O)(=O)NCCOc3ccccc3F)cc2)n1C. The molecule has 0 radical (unpaired) electrons. The molecule has 0 fully saturated rings. The molecule has 0 atom stereocenters. The molecule has 166 valence electrons. The number of benzene rings is 2. The van der Waals surface area contributed by atoms with Crippen LogP contribution in [0.3, 0.4) is 0 Å². The summed E-state index contributed by atoms with van der Waals surface area (Å²) < 4.78 is 49.6. The number of ether oxygens (including phenoxy) is 1. The molecular weight excluding hydrogens is 421 g/mol. The fraction of sp³-hybridized carbons (Fsp3) is 0.318. The van der Waals surface area contributed by atoms with Crippen LogP contribution < -0.4 is 15.0 Å². The predicted molar refractivity (Wildman–Crippen MR) is 117 cm³/mol. The molecule has 0 aliphatic rings. The average molecular weight is 448 g/mol. The van der Waals surface area contributed by atoms with Gasteiger partial charge in [-0.3, -0.25) is 9.48 Å². The molecule has 1 heterocycles. The monoisotopic (exact) mass is 447 g/mol. The van der Waals surface area contributed by atoms with Crippen molar-refractivity contribution in [2.45, 2.75) is 31.6 Å². The lowest BCUT2D eigenvalue weighted by Crippen LogP contribution is -2.28. The molecule has 0 aliphatic heterocycles. The zero-order valence-corrected chi connectivity index (χ0v) is 18.7. The highest BCUT2D eigenvalue weighted by Crippen LogP contribution is 2.19. The largest absolute Gasteiger partial charge is 0.489 e. The van der Waals surface area contributed by atoms with E-state index in [0.29, 0.717) is 5.69 Å². The molecule has 2 aromatic carbocycles. The van der Waals surface area contributed by atoms with Crippen molar-refractivity contribution in [1.29, 1.82) is 0 Å². The van der Waals surface area contributed by atoms with Gasteiger partial charge in [-0.15, -0.1) is 0 Å². The van der Waals surface area contributed by atoms with Crippen molar-refractivity contribution >= 4 is 10.0 Å². The Kier molecular flexibility index (Phi) is 6.66. The molecular formula is C22H26FN3O4S. The van der Waals surface area contributed by atoms with Crippen LogP contribution in [-0.2, 0) is 17.1 Å². The first-order valence-electron chi connectivity index (χ1n) is 9.89. The third-order valence-corrected chi connectivity index (χ3v) is 6.53. The summed E-state index contributed by atoms with van der Waals surface area (Å²) in [6.45, 7) is 5.77. The van der Waals surface area contributed by atoms with Crippen LogP contribution in [-0.4, -0.2) is 30.9 Å². The fourth-order valence-corrected chi connectivity index (χ4v) is 4.45. The highest BCUT2D eigenvalue weighted by molar-refractivity contribution is 7.89. The Morgan fingerprint density at radius 1 is 1.10 bits per heavy atom. The lowest BCUT2D eigenvalue weighted by molar-refractivity contribution is 0.306. The van der Waals surface area contributed by atoms with Gasteiger partial charge in [-0.25, -0.2) is 22.2 Å². The summed E-state index contributed by atoms with van der Waals surface area (Å²) in [5.41, 5.74) is 2.06. The summed E-state index contributed by atoms with van der Waals surface area (Å²) in [6.07, 6.45) is 0. The average Bonchev–Trinajstić information content (AvgIpc) is 2.95. The van der Waals surface area contributed by atoms with Crippen molar-refractivity contribution in [1.82, 2.24) is 14.1 Å². The standard InChI is InChI=1S/C22H26FN3O4S/c1-15(2)21-16(3)25(4)26(22(21)27)17-9-11-18(12-10-17)31(28,29)24-13-14-30-20-8-6-5-7-19(20)23/h5-12,15,24H,13-14H2,1-4H3. The lowest BCUT2D eigenvalue weighted by atomic mass is 10.0. The van der Waals surface area contributed by atoms with Gasteiger partial charge in [0.05, 0.1) is 10.6 Å². The molecule has 0 saturated heterocycles. The third-order valence-electron chi connectivity index (χ3n) is 5.06. The van der Waals surface area contributed by atoms with Gasteiger partial charge in [-0.1, -0.05) is 26.0 Å². The Morgan fingerprint density at radius 3 is 2.32 bits per heavy atom. The number of sulfonamides is 1. The second kappa shape index (κ2) is 9.07. The Labute approximate surface area is 181 Å². The van der Waals surface area contributed by atoms with Crippen molar-refractivity contribution in [3.05, 3.63) is 76.0 Å². The predicted octanol–water partition coefficient (Wildman–Crippen LogP) is 3.10. The molecule has 0 unspecified atom stereocenters. The number of hydrogen-bond acceptors (Lipinski definition) is 4. The Balaban J connectivity index is 1.72. The molecule has 0 amide bonds. The van der Waals surface area contributed by atoms with Crippen LogP contribution in [0.2, 0.25) is 0 Å². The second-order valence-corrected chi connectivity index (χ2v) is 9.23. The van der Waals surface area contributed by atoms with Gasteiger partial charge >= 0.3 is 0 Å². The van der Waals surface area contributed by atoms with Crippen LogP contribution in [0.4, 0.5) is 4.39 Å². The van der Waals surface area contributed by atoms with E-state index in [9.17, 15) is 17.6 Å². The summed E-state index contributed by atoms with van der Waals surface area (Å²) in [5.74, 6) is -0.363. The topological polar surface area (TPSA) is 82.3 Å². The molecule has 9 heteroatoms. The number of nitrogens with one attached hydrogen (secondary N) is 1. The zero-order chi connectivity index (χ0) is 22.8. The Morgan fingerprint density at radius 2 is 1.74 bits per heavy atom. The van der Waals surface area contributed by atoms with Gasteiger partial charge in [0.15, 0.2) is 11.6 Å². The van der Waals surface area contributed by atoms with E-state index in [1.807, 2.05) is 20.8 Å². The van der Waals surface area contributed by atoms with Gasteiger partial charge in [-0.05, 0) is 49.2 Å². The van der Waals surface area contributed by atoms with Crippen LogP contribution in [0.25, 0.3) is 5.69 Å².